The molecule has 1 saturated heterocycles. The van der Waals surface area contributed by atoms with Gasteiger partial charge in [0.25, 0.3) is 0 Å². The summed E-state index contributed by atoms with van der Waals surface area (Å²) in [6, 6.07) is 0.570. The second-order valence-corrected chi connectivity index (χ2v) is 6.96. The van der Waals surface area contributed by atoms with Crippen LogP contribution in [0.3, 0.4) is 0 Å². The van der Waals surface area contributed by atoms with Crippen molar-refractivity contribution in [3.8, 4) is 0 Å². The molecule has 1 rings (SSSR count). The summed E-state index contributed by atoms with van der Waals surface area (Å²) >= 11 is 0. The molecule has 0 bridgehead atoms. The van der Waals surface area contributed by atoms with E-state index in [1.165, 1.54) is 6.26 Å². The Labute approximate surface area is 99.3 Å². The van der Waals surface area contributed by atoms with Gasteiger partial charge in [-0.15, -0.1) is 0 Å². The van der Waals surface area contributed by atoms with Crippen LogP contribution in [0.4, 0.5) is 0 Å². The minimum atomic E-state index is -2.80. The van der Waals surface area contributed by atoms with Crippen molar-refractivity contribution in [1.82, 2.24) is 10.2 Å². The average molecular weight is 248 g/mol. The van der Waals surface area contributed by atoms with E-state index in [1.807, 2.05) is 0 Å². The van der Waals surface area contributed by atoms with Crippen LogP contribution >= 0.6 is 0 Å². The van der Waals surface area contributed by atoms with Crippen LogP contribution in [0, 0.1) is 0 Å². The molecule has 0 amide bonds. The molecule has 16 heavy (non-hydrogen) atoms. The monoisotopic (exact) mass is 248 g/mol. The molecule has 1 fully saturated rings. The van der Waals surface area contributed by atoms with E-state index >= 15 is 0 Å². The summed E-state index contributed by atoms with van der Waals surface area (Å²) in [5.41, 5.74) is 0. The smallest absolute Gasteiger partial charge is 0.147 e. The zero-order valence-electron chi connectivity index (χ0n) is 10.4. The maximum absolute atomic E-state index is 11.0. The summed E-state index contributed by atoms with van der Waals surface area (Å²) < 4.78 is 22.1. The number of sulfone groups is 1. The van der Waals surface area contributed by atoms with Gasteiger partial charge in [0.2, 0.25) is 0 Å². The highest BCUT2D eigenvalue weighted by Gasteiger charge is 2.15. The van der Waals surface area contributed by atoms with Gasteiger partial charge < -0.3 is 10.2 Å². The summed E-state index contributed by atoms with van der Waals surface area (Å²) in [6.07, 6.45) is 4.37. The van der Waals surface area contributed by atoms with Crippen LogP contribution in [0.1, 0.15) is 26.2 Å². The van der Waals surface area contributed by atoms with Crippen molar-refractivity contribution in [2.75, 3.05) is 38.2 Å². The molecular formula is C11H24N2O2S. The molecule has 0 aliphatic carbocycles. The molecule has 0 aromatic heterocycles. The normalized spacial score (nSPS) is 24.2. The summed E-state index contributed by atoms with van der Waals surface area (Å²) in [6.45, 7) is 6.33. The van der Waals surface area contributed by atoms with Gasteiger partial charge in [0.1, 0.15) is 9.84 Å². The van der Waals surface area contributed by atoms with Gasteiger partial charge in [-0.2, -0.15) is 0 Å². The van der Waals surface area contributed by atoms with Crippen LogP contribution in [-0.2, 0) is 9.84 Å². The van der Waals surface area contributed by atoms with Crippen molar-refractivity contribution >= 4 is 9.84 Å². The third-order valence-corrected chi connectivity index (χ3v) is 4.08. The predicted octanol–water partition coefficient (Wildman–Crippen LogP) is 0.495. The maximum Gasteiger partial charge on any atom is 0.147 e. The highest BCUT2D eigenvalue weighted by molar-refractivity contribution is 7.90. The lowest BCUT2D eigenvalue weighted by atomic mass is 10.2. The predicted molar refractivity (Wildman–Crippen MR) is 67.5 cm³/mol. The summed E-state index contributed by atoms with van der Waals surface area (Å²) in [4.78, 5) is 2.39. The van der Waals surface area contributed by atoms with Gasteiger partial charge in [-0.05, 0) is 38.9 Å². The Morgan fingerprint density at radius 2 is 2.19 bits per heavy atom. The van der Waals surface area contributed by atoms with Gasteiger partial charge in [0.15, 0.2) is 0 Å². The first kappa shape index (κ1) is 13.9. The minimum Gasteiger partial charge on any atom is -0.313 e. The first-order valence-corrected chi connectivity index (χ1v) is 8.21. The molecule has 0 aromatic rings. The quantitative estimate of drug-likeness (QED) is 0.769. The standard InChI is InChI=1S/C11H24N2O2S/c1-3-11-10-13(7-4-6-12-11)8-5-9-16(2,14)15/h11-12H,3-10H2,1-2H3. The highest BCUT2D eigenvalue weighted by atomic mass is 32.2. The summed E-state index contributed by atoms with van der Waals surface area (Å²) in [7, 11) is -2.80. The molecule has 0 saturated carbocycles. The van der Waals surface area contributed by atoms with E-state index in [2.05, 4.69) is 17.1 Å². The Kier molecular flexibility index (Phi) is 5.72. The topological polar surface area (TPSA) is 49.4 Å². The Bertz CT molecular complexity index is 290. The first-order valence-electron chi connectivity index (χ1n) is 6.14. The van der Waals surface area contributed by atoms with Crippen LogP contribution in [0.25, 0.3) is 0 Å². The lowest BCUT2D eigenvalue weighted by molar-refractivity contribution is 0.266. The minimum absolute atomic E-state index is 0.313. The van der Waals surface area contributed by atoms with Crippen molar-refractivity contribution in [2.45, 2.75) is 32.2 Å². The van der Waals surface area contributed by atoms with Crippen molar-refractivity contribution in [2.24, 2.45) is 0 Å². The number of rotatable bonds is 5. The van der Waals surface area contributed by atoms with Crippen LogP contribution < -0.4 is 5.32 Å². The fraction of sp³-hybridized carbons (Fsp3) is 1.00. The van der Waals surface area contributed by atoms with Gasteiger partial charge in [-0.3, -0.25) is 0 Å². The SMILES string of the molecule is CCC1CN(CCCS(C)(=O)=O)CCCN1. The maximum atomic E-state index is 11.0. The molecule has 1 N–H and O–H groups in total. The van der Waals surface area contributed by atoms with Gasteiger partial charge in [-0.25, -0.2) is 8.42 Å². The number of hydrogen-bond acceptors (Lipinski definition) is 4. The summed E-state index contributed by atoms with van der Waals surface area (Å²) in [5.74, 6) is 0.313. The molecule has 5 heteroatoms. The van der Waals surface area contributed by atoms with Crippen LogP contribution in [0.2, 0.25) is 0 Å². The molecule has 1 atom stereocenters. The highest BCUT2D eigenvalue weighted by Crippen LogP contribution is 2.04. The third-order valence-electron chi connectivity index (χ3n) is 3.04. The fourth-order valence-electron chi connectivity index (χ4n) is 2.10. The summed E-state index contributed by atoms with van der Waals surface area (Å²) in [5, 5.41) is 3.51. The first-order chi connectivity index (χ1) is 7.51. The molecule has 0 aromatic carbocycles. The number of nitrogens with zero attached hydrogens (tertiary/aromatic N) is 1. The van der Waals surface area contributed by atoms with Crippen LogP contribution in [-0.4, -0.2) is 57.5 Å². The van der Waals surface area contributed by atoms with E-state index in [4.69, 9.17) is 0 Å². The molecular weight excluding hydrogens is 224 g/mol. The Balaban J connectivity index is 2.29. The number of hydrogen-bond donors (Lipinski definition) is 1. The molecule has 0 spiro atoms. The van der Waals surface area contributed by atoms with E-state index < -0.39 is 9.84 Å². The van der Waals surface area contributed by atoms with E-state index in [0.717, 1.165) is 45.4 Å². The molecule has 1 heterocycles. The molecule has 96 valence electrons. The Morgan fingerprint density at radius 1 is 1.44 bits per heavy atom. The molecule has 4 nitrogen and oxygen atoms in total. The van der Waals surface area contributed by atoms with Gasteiger partial charge >= 0.3 is 0 Å². The molecule has 1 unspecified atom stereocenters. The van der Waals surface area contributed by atoms with Crippen LogP contribution in [0.5, 0.6) is 0 Å². The van der Waals surface area contributed by atoms with E-state index in [9.17, 15) is 8.42 Å². The van der Waals surface area contributed by atoms with Crippen LogP contribution in [0.15, 0.2) is 0 Å². The third kappa shape index (κ3) is 5.82. The lowest BCUT2D eigenvalue weighted by Gasteiger charge is -2.23. The second kappa shape index (κ2) is 6.57. The van der Waals surface area contributed by atoms with Gasteiger partial charge in [0, 0.05) is 18.8 Å². The fourth-order valence-corrected chi connectivity index (χ4v) is 2.76. The average Bonchev–Trinajstić information content (AvgIpc) is 2.41. The van der Waals surface area contributed by atoms with Crippen molar-refractivity contribution in [3.63, 3.8) is 0 Å². The van der Waals surface area contributed by atoms with Gasteiger partial charge in [0.05, 0.1) is 5.75 Å². The van der Waals surface area contributed by atoms with E-state index in [0.29, 0.717) is 11.8 Å². The van der Waals surface area contributed by atoms with Crippen molar-refractivity contribution < 1.29 is 8.42 Å². The largest absolute Gasteiger partial charge is 0.313 e. The zero-order chi connectivity index (χ0) is 12.0. The Morgan fingerprint density at radius 3 is 2.81 bits per heavy atom. The van der Waals surface area contributed by atoms with E-state index in [-0.39, 0.29) is 0 Å². The van der Waals surface area contributed by atoms with Crippen molar-refractivity contribution in [3.05, 3.63) is 0 Å². The second-order valence-electron chi connectivity index (χ2n) is 4.70. The molecule has 1 aliphatic rings. The molecule has 1 aliphatic heterocycles. The van der Waals surface area contributed by atoms with Gasteiger partial charge in [-0.1, -0.05) is 6.92 Å². The number of nitrogens with one attached hydrogen (secondary N) is 1. The Hall–Kier alpha value is -0.130. The van der Waals surface area contributed by atoms with Crippen molar-refractivity contribution in [1.29, 1.82) is 0 Å². The van der Waals surface area contributed by atoms with E-state index in [1.54, 1.807) is 0 Å². The molecule has 0 radical (unpaired) electrons. The lowest BCUT2D eigenvalue weighted by Crippen LogP contribution is -2.37. The zero-order valence-corrected chi connectivity index (χ0v) is 11.2.